The first-order valence-corrected chi connectivity index (χ1v) is 10.7. The van der Waals surface area contributed by atoms with Crippen molar-refractivity contribution in [2.45, 2.75) is 60.3 Å². The predicted molar refractivity (Wildman–Crippen MR) is 114 cm³/mol. The minimum Gasteiger partial charge on any atom is -0.356 e. The third-order valence-corrected chi connectivity index (χ3v) is 5.79. The zero-order valence-electron chi connectivity index (χ0n) is 18.5. The predicted octanol–water partition coefficient (Wildman–Crippen LogP) is 2.68. The quantitative estimate of drug-likeness (QED) is 0.726. The van der Waals surface area contributed by atoms with Crippen LogP contribution in [0.2, 0.25) is 0 Å². The van der Waals surface area contributed by atoms with E-state index < -0.39 is 0 Å². The monoisotopic (exact) mass is 398 g/mol. The number of carbonyl (C=O) groups excluding carboxylic acids is 1. The van der Waals surface area contributed by atoms with Crippen molar-refractivity contribution >= 4 is 5.91 Å². The molecule has 0 bridgehead atoms. The van der Waals surface area contributed by atoms with Crippen molar-refractivity contribution in [3.8, 4) is 5.95 Å². The molecule has 7 nitrogen and oxygen atoms in total. The lowest BCUT2D eigenvalue weighted by Crippen LogP contribution is -2.35. The SMILES string of the molecule is Cc1cc(C)nc(-n2nc(C)c(CC(=O)NCCCN3CCC(C)CC3)c2C)n1. The molecule has 0 unspecified atom stereocenters. The van der Waals surface area contributed by atoms with Gasteiger partial charge in [-0.15, -0.1) is 0 Å². The smallest absolute Gasteiger partial charge is 0.251 e. The number of rotatable bonds is 7. The maximum absolute atomic E-state index is 12.5. The Labute approximate surface area is 173 Å². The molecule has 1 amide bonds. The maximum atomic E-state index is 12.5. The second-order valence-corrected chi connectivity index (χ2v) is 8.42. The van der Waals surface area contributed by atoms with E-state index in [4.69, 9.17) is 0 Å². The molecule has 0 atom stereocenters. The third-order valence-electron chi connectivity index (χ3n) is 5.79. The Morgan fingerprint density at radius 1 is 1.14 bits per heavy atom. The highest BCUT2D eigenvalue weighted by Crippen LogP contribution is 2.18. The average Bonchev–Trinajstić information content (AvgIpc) is 2.94. The van der Waals surface area contributed by atoms with Gasteiger partial charge in [0.1, 0.15) is 0 Å². The Hall–Kier alpha value is -2.28. The number of hydrogen-bond donors (Lipinski definition) is 1. The summed E-state index contributed by atoms with van der Waals surface area (Å²) in [5.74, 6) is 1.46. The number of carbonyl (C=O) groups is 1. The lowest BCUT2D eigenvalue weighted by atomic mass is 9.99. The molecule has 3 rings (SSSR count). The summed E-state index contributed by atoms with van der Waals surface area (Å²) in [6, 6.07) is 1.94. The Bertz CT molecular complexity index is 831. The Morgan fingerprint density at radius 2 is 1.79 bits per heavy atom. The van der Waals surface area contributed by atoms with E-state index in [-0.39, 0.29) is 5.91 Å². The van der Waals surface area contributed by atoms with Crippen LogP contribution in [0.3, 0.4) is 0 Å². The number of nitrogens with one attached hydrogen (secondary N) is 1. The highest BCUT2D eigenvalue weighted by Gasteiger charge is 2.18. The van der Waals surface area contributed by atoms with Gasteiger partial charge in [-0.25, -0.2) is 14.6 Å². The fourth-order valence-electron chi connectivity index (χ4n) is 3.97. The molecular formula is C22H34N6O. The molecule has 1 fully saturated rings. The number of aromatic nitrogens is 4. The van der Waals surface area contributed by atoms with Crippen LogP contribution in [0.4, 0.5) is 0 Å². The van der Waals surface area contributed by atoms with Crippen molar-refractivity contribution in [3.63, 3.8) is 0 Å². The summed E-state index contributed by atoms with van der Waals surface area (Å²) < 4.78 is 1.75. The summed E-state index contributed by atoms with van der Waals surface area (Å²) in [5.41, 5.74) is 4.54. The van der Waals surface area contributed by atoms with Crippen LogP contribution in [0.5, 0.6) is 0 Å². The fraction of sp³-hybridized carbons (Fsp3) is 0.636. The topological polar surface area (TPSA) is 75.9 Å². The highest BCUT2D eigenvalue weighted by atomic mass is 16.1. The van der Waals surface area contributed by atoms with E-state index in [9.17, 15) is 4.79 Å². The third kappa shape index (κ3) is 5.63. The summed E-state index contributed by atoms with van der Waals surface area (Å²) >= 11 is 0. The molecule has 29 heavy (non-hydrogen) atoms. The molecule has 0 aromatic carbocycles. The van der Waals surface area contributed by atoms with Crippen molar-refractivity contribution in [3.05, 3.63) is 34.4 Å². The molecule has 2 aromatic heterocycles. The van der Waals surface area contributed by atoms with Gasteiger partial charge in [-0.1, -0.05) is 6.92 Å². The van der Waals surface area contributed by atoms with Crippen molar-refractivity contribution in [2.24, 2.45) is 5.92 Å². The van der Waals surface area contributed by atoms with E-state index in [1.807, 2.05) is 33.8 Å². The van der Waals surface area contributed by atoms with Crippen LogP contribution in [-0.4, -0.2) is 56.7 Å². The van der Waals surface area contributed by atoms with E-state index >= 15 is 0 Å². The Balaban J connectivity index is 1.53. The molecule has 0 spiro atoms. The molecule has 1 aliphatic heterocycles. The van der Waals surface area contributed by atoms with E-state index in [1.54, 1.807) is 4.68 Å². The first-order chi connectivity index (χ1) is 13.8. The van der Waals surface area contributed by atoms with Gasteiger partial charge < -0.3 is 10.2 Å². The molecular weight excluding hydrogens is 364 g/mol. The van der Waals surface area contributed by atoms with Crippen molar-refractivity contribution in [1.29, 1.82) is 0 Å². The second kappa shape index (κ2) is 9.48. The molecule has 2 aromatic rings. The summed E-state index contributed by atoms with van der Waals surface area (Å²) in [6.45, 7) is 14.3. The Kier molecular flexibility index (Phi) is 7.00. The summed E-state index contributed by atoms with van der Waals surface area (Å²) in [4.78, 5) is 24.0. The van der Waals surface area contributed by atoms with Gasteiger partial charge in [0.15, 0.2) is 0 Å². The van der Waals surface area contributed by atoms with Crippen LogP contribution in [0.15, 0.2) is 6.07 Å². The van der Waals surface area contributed by atoms with Crippen molar-refractivity contribution in [2.75, 3.05) is 26.2 Å². The number of amides is 1. The Morgan fingerprint density at radius 3 is 2.45 bits per heavy atom. The second-order valence-electron chi connectivity index (χ2n) is 8.42. The molecule has 3 heterocycles. The van der Waals surface area contributed by atoms with Crippen LogP contribution in [0.1, 0.15) is 54.5 Å². The standard InChI is InChI=1S/C22H34N6O/c1-15-7-11-27(12-8-15)10-6-9-23-21(29)14-20-18(4)26-28(19(20)5)22-24-16(2)13-17(3)25-22/h13,15H,6-12,14H2,1-5H3,(H,23,29). The van der Waals surface area contributed by atoms with Crippen molar-refractivity contribution in [1.82, 2.24) is 30.0 Å². The maximum Gasteiger partial charge on any atom is 0.251 e. The molecule has 158 valence electrons. The number of piperidine rings is 1. The first-order valence-electron chi connectivity index (χ1n) is 10.7. The van der Waals surface area contributed by atoms with Crippen LogP contribution in [0.25, 0.3) is 5.95 Å². The minimum absolute atomic E-state index is 0.0457. The van der Waals surface area contributed by atoms with Gasteiger partial charge >= 0.3 is 0 Å². The molecule has 1 aliphatic rings. The largest absolute Gasteiger partial charge is 0.356 e. The van der Waals surface area contributed by atoms with Gasteiger partial charge in [-0.05, 0) is 78.6 Å². The molecule has 0 saturated carbocycles. The van der Waals surface area contributed by atoms with Crippen molar-refractivity contribution < 1.29 is 4.79 Å². The number of aryl methyl sites for hydroxylation is 3. The lowest BCUT2D eigenvalue weighted by Gasteiger charge is -2.30. The highest BCUT2D eigenvalue weighted by molar-refractivity contribution is 5.79. The van der Waals surface area contributed by atoms with Gasteiger partial charge in [0.05, 0.1) is 12.1 Å². The van der Waals surface area contributed by atoms with Crippen LogP contribution < -0.4 is 5.32 Å². The summed E-state index contributed by atoms with van der Waals surface area (Å²) in [6.07, 6.45) is 3.91. The van der Waals surface area contributed by atoms with E-state index in [0.29, 0.717) is 12.4 Å². The average molecular weight is 399 g/mol. The van der Waals surface area contributed by atoms with Gasteiger partial charge in [0.25, 0.3) is 5.95 Å². The summed E-state index contributed by atoms with van der Waals surface area (Å²) in [7, 11) is 0. The van der Waals surface area contributed by atoms with Gasteiger partial charge in [-0.3, -0.25) is 4.79 Å². The molecule has 7 heteroatoms. The van der Waals surface area contributed by atoms with Gasteiger partial charge in [-0.2, -0.15) is 5.10 Å². The lowest BCUT2D eigenvalue weighted by molar-refractivity contribution is -0.120. The first kappa shape index (κ1) is 21.4. The number of likely N-dealkylation sites (tertiary alicyclic amines) is 1. The van der Waals surface area contributed by atoms with E-state index in [0.717, 1.165) is 53.8 Å². The minimum atomic E-state index is 0.0457. The molecule has 1 N–H and O–H groups in total. The van der Waals surface area contributed by atoms with E-state index in [1.165, 1.54) is 25.9 Å². The normalized spacial score (nSPS) is 15.6. The molecule has 0 aliphatic carbocycles. The zero-order valence-corrected chi connectivity index (χ0v) is 18.5. The molecule has 1 saturated heterocycles. The van der Waals surface area contributed by atoms with Crippen LogP contribution in [-0.2, 0) is 11.2 Å². The molecule has 0 radical (unpaired) electrons. The van der Waals surface area contributed by atoms with Crippen LogP contribution >= 0.6 is 0 Å². The zero-order chi connectivity index (χ0) is 21.0. The number of hydrogen-bond acceptors (Lipinski definition) is 5. The van der Waals surface area contributed by atoms with E-state index in [2.05, 4.69) is 32.2 Å². The summed E-state index contributed by atoms with van der Waals surface area (Å²) in [5, 5.41) is 7.65. The fourth-order valence-corrected chi connectivity index (χ4v) is 3.97. The van der Waals surface area contributed by atoms with Gasteiger partial charge in [0.2, 0.25) is 5.91 Å². The number of nitrogens with zero attached hydrogens (tertiary/aromatic N) is 5. The van der Waals surface area contributed by atoms with Gasteiger partial charge in [0, 0.05) is 29.2 Å². The van der Waals surface area contributed by atoms with Crippen LogP contribution in [0, 0.1) is 33.6 Å².